The normalized spacial score (nSPS) is 10.4. The van der Waals surface area contributed by atoms with Crippen LogP contribution < -0.4 is 10.2 Å². The van der Waals surface area contributed by atoms with Crippen LogP contribution in [0, 0.1) is 20.8 Å². The molecule has 0 radical (unpaired) electrons. The molecule has 0 saturated heterocycles. The van der Waals surface area contributed by atoms with Gasteiger partial charge >= 0.3 is 0 Å². The van der Waals surface area contributed by atoms with E-state index in [0.717, 1.165) is 40.0 Å². The van der Waals surface area contributed by atoms with Gasteiger partial charge in [-0.15, -0.1) is 0 Å². The summed E-state index contributed by atoms with van der Waals surface area (Å²) in [5.74, 6) is -0.335. The van der Waals surface area contributed by atoms with Crippen molar-refractivity contribution in [1.29, 1.82) is 0 Å². The number of para-hydroxylation sites is 2. The first-order valence-electron chi connectivity index (χ1n) is 8.57. The Labute approximate surface area is 149 Å². The van der Waals surface area contributed by atoms with Crippen LogP contribution in [0.4, 0.5) is 11.4 Å². The number of hydrogen-bond acceptors (Lipinski definition) is 2. The van der Waals surface area contributed by atoms with Crippen LogP contribution in [0.3, 0.4) is 0 Å². The molecule has 2 amide bonds. The van der Waals surface area contributed by atoms with E-state index in [9.17, 15) is 9.59 Å². The highest BCUT2D eigenvalue weighted by Gasteiger charge is 2.20. The molecule has 0 aromatic heterocycles. The van der Waals surface area contributed by atoms with E-state index < -0.39 is 0 Å². The summed E-state index contributed by atoms with van der Waals surface area (Å²) in [4.78, 5) is 26.4. The minimum atomic E-state index is -0.196. The molecule has 25 heavy (non-hydrogen) atoms. The van der Waals surface area contributed by atoms with E-state index in [-0.39, 0.29) is 18.4 Å². The van der Waals surface area contributed by atoms with Crippen molar-refractivity contribution in [2.75, 3.05) is 16.8 Å². The number of hydrogen-bond donors (Lipinski definition) is 1. The number of carbonyl (C=O) groups is 2. The first-order chi connectivity index (χ1) is 11.8. The van der Waals surface area contributed by atoms with E-state index in [1.165, 1.54) is 6.92 Å². The molecule has 2 aromatic rings. The Morgan fingerprint density at radius 3 is 2.08 bits per heavy atom. The quantitative estimate of drug-likeness (QED) is 0.889. The van der Waals surface area contributed by atoms with Crippen molar-refractivity contribution in [2.24, 2.45) is 0 Å². The van der Waals surface area contributed by atoms with Crippen LogP contribution in [0.1, 0.15) is 36.1 Å². The highest BCUT2D eigenvalue weighted by Crippen LogP contribution is 2.26. The van der Waals surface area contributed by atoms with E-state index in [2.05, 4.69) is 5.32 Å². The third-order valence-electron chi connectivity index (χ3n) is 4.40. The van der Waals surface area contributed by atoms with Crippen molar-refractivity contribution in [3.63, 3.8) is 0 Å². The lowest BCUT2D eigenvalue weighted by atomic mass is 10.0. The molecule has 0 bridgehead atoms. The zero-order valence-electron chi connectivity index (χ0n) is 15.6. The average molecular weight is 338 g/mol. The largest absolute Gasteiger partial charge is 0.324 e. The number of carbonyl (C=O) groups excluding carboxylic acids is 2. The second kappa shape index (κ2) is 7.97. The molecule has 0 unspecified atom stereocenters. The molecular formula is C21H26N2O2. The van der Waals surface area contributed by atoms with Gasteiger partial charge in [0.2, 0.25) is 11.8 Å². The number of nitrogens with one attached hydrogen (secondary N) is 1. The SMILES string of the molecule is CCc1cccc(C)c1N(CC(=O)Nc1c(C)cccc1C)C(C)=O. The van der Waals surface area contributed by atoms with Crippen molar-refractivity contribution < 1.29 is 9.59 Å². The van der Waals surface area contributed by atoms with Crippen LogP contribution in [0.2, 0.25) is 0 Å². The van der Waals surface area contributed by atoms with Gasteiger partial charge in [0.25, 0.3) is 0 Å². The molecule has 0 aliphatic heterocycles. The molecule has 0 saturated carbocycles. The van der Waals surface area contributed by atoms with Crippen LogP contribution >= 0.6 is 0 Å². The summed E-state index contributed by atoms with van der Waals surface area (Å²) < 4.78 is 0. The van der Waals surface area contributed by atoms with E-state index in [0.29, 0.717) is 0 Å². The van der Waals surface area contributed by atoms with Gasteiger partial charge in [-0.3, -0.25) is 9.59 Å². The Morgan fingerprint density at radius 1 is 0.960 bits per heavy atom. The lowest BCUT2D eigenvalue weighted by molar-refractivity contribution is -0.120. The first-order valence-corrected chi connectivity index (χ1v) is 8.57. The Balaban J connectivity index is 2.29. The Morgan fingerprint density at radius 2 is 1.52 bits per heavy atom. The Kier molecular flexibility index (Phi) is 5.97. The summed E-state index contributed by atoms with van der Waals surface area (Å²) in [6.07, 6.45) is 0.805. The highest BCUT2D eigenvalue weighted by molar-refractivity contribution is 6.03. The van der Waals surface area contributed by atoms with E-state index in [1.54, 1.807) is 4.90 Å². The summed E-state index contributed by atoms with van der Waals surface area (Å²) in [5.41, 5.74) is 5.73. The maximum atomic E-state index is 12.6. The molecule has 0 heterocycles. The lowest BCUT2D eigenvalue weighted by Gasteiger charge is -2.25. The van der Waals surface area contributed by atoms with E-state index >= 15 is 0 Å². The number of rotatable bonds is 5. The molecule has 0 atom stereocenters. The molecule has 4 nitrogen and oxygen atoms in total. The summed E-state index contributed by atoms with van der Waals surface area (Å²) in [6, 6.07) is 11.8. The molecule has 1 N–H and O–H groups in total. The van der Waals surface area contributed by atoms with Gasteiger partial charge in [0.15, 0.2) is 0 Å². The van der Waals surface area contributed by atoms with Crippen LogP contribution in [0.15, 0.2) is 36.4 Å². The van der Waals surface area contributed by atoms with Gasteiger partial charge in [0, 0.05) is 12.6 Å². The molecule has 132 valence electrons. The van der Waals surface area contributed by atoms with Crippen LogP contribution in [-0.2, 0) is 16.0 Å². The number of anilines is 2. The maximum Gasteiger partial charge on any atom is 0.244 e. The van der Waals surface area contributed by atoms with E-state index in [1.807, 2.05) is 64.1 Å². The fourth-order valence-corrected chi connectivity index (χ4v) is 3.07. The lowest BCUT2D eigenvalue weighted by Crippen LogP contribution is -2.38. The number of amides is 2. The van der Waals surface area contributed by atoms with Crippen molar-refractivity contribution in [3.8, 4) is 0 Å². The molecule has 2 rings (SSSR count). The van der Waals surface area contributed by atoms with Crippen molar-refractivity contribution in [2.45, 2.75) is 41.0 Å². The number of benzene rings is 2. The van der Waals surface area contributed by atoms with Crippen molar-refractivity contribution >= 4 is 23.2 Å². The molecule has 0 fully saturated rings. The molecule has 0 aliphatic carbocycles. The topological polar surface area (TPSA) is 49.4 Å². The number of nitrogens with zero attached hydrogens (tertiary/aromatic N) is 1. The zero-order chi connectivity index (χ0) is 18.6. The summed E-state index contributed by atoms with van der Waals surface area (Å²) in [5, 5.41) is 2.96. The Hall–Kier alpha value is -2.62. The second-order valence-corrected chi connectivity index (χ2v) is 6.36. The predicted octanol–water partition coefficient (Wildman–Crippen LogP) is 4.17. The third-order valence-corrected chi connectivity index (χ3v) is 4.40. The number of aryl methyl sites for hydroxylation is 4. The van der Waals surface area contributed by atoms with Gasteiger partial charge in [-0.05, 0) is 49.4 Å². The standard InChI is InChI=1S/C21H26N2O2/c1-6-18-12-8-11-16(4)21(18)23(17(5)24)13-19(25)22-20-14(2)9-7-10-15(20)3/h7-12H,6,13H2,1-5H3,(H,22,25). The maximum absolute atomic E-state index is 12.6. The van der Waals surface area contributed by atoms with Gasteiger partial charge in [0.1, 0.15) is 6.54 Å². The summed E-state index contributed by atoms with van der Waals surface area (Å²) in [7, 11) is 0. The van der Waals surface area contributed by atoms with Gasteiger partial charge in [0.05, 0.1) is 5.69 Å². The average Bonchev–Trinajstić information content (AvgIpc) is 2.56. The van der Waals surface area contributed by atoms with Crippen molar-refractivity contribution in [1.82, 2.24) is 0 Å². The van der Waals surface area contributed by atoms with E-state index in [4.69, 9.17) is 0 Å². The minimum Gasteiger partial charge on any atom is -0.324 e. The minimum absolute atomic E-state index is 0.000953. The highest BCUT2D eigenvalue weighted by atomic mass is 16.2. The molecule has 0 aliphatic rings. The third kappa shape index (κ3) is 4.27. The second-order valence-electron chi connectivity index (χ2n) is 6.36. The zero-order valence-corrected chi connectivity index (χ0v) is 15.6. The summed E-state index contributed by atoms with van der Waals surface area (Å²) >= 11 is 0. The monoisotopic (exact) mass is 338 g/mol. The fourth-order valence-electron chi connectivity index (χ4n) is 3.07. The van der Waals surface area contributed by atoms with Gasteiger partial charge < -0.3 is 10.2 Å². The molecule has 4 heteroatoms. The molecular weight excluding hydrogens is 312 g/mol. The Bertz CT molecular complexity index is 776. The first kappa shape index (κ1) is 18.7. The van der Waals surface area contributed by atoms with Crippen LogP contribution in [-0.4, -0.2) is 18.4 Å². The fraction of sp³-hybridized carbons (Fsp3) is 0.333. The smallest absolute Gasteiger partial charge is 0.244 e. The predicted molar refractivity (Wildman–Crippen MR) is 103 cm³/mol. The summed E-state index contributed by atoms with van der Waals surface area (Å²) in [6.45, 7) is 9.43. The van der Waals surface area contributed by atoms with Gasteiger partial charge in [-0.2, -0.15) is 0 Å². The van der Waals surface area contributed by atoms with Gasteiger partial charge in [-0.1, -0.05) is 43.3 Å². The van der Waals surface area contributed by atoms with Crippen LogP contribution in [0.25, 0.3) is 0 Å². The van der Waals surface area contributed by atoms with Crippen LogP contribution in [0.5, 0.6) is 0 Å². The van der Waals surface area contributed by atoms with Crippen molar-refractivity contribution in [3.05, 3.63) is 58.7 Å². The van der Waals surface area contributed by atoms with Gasteiger partial charge in [-0.25, -0.2) is 0 Å². The molecule has 2 aromatic carbocycles. The molecule has 0 spiro atoms.